The van der Waals surface area contributed by atoms with E-state index in [0.717, 1.165) is 23.3 Å². The lowest BCUT2D eigenvalue weighted by Crippen LogP contribution is -2.52. The molecule has 5 rings (SSSR count). The van der Waals surface area contributed by atoms with Crippen LogP contribution in [0.4, 0.5) is 0 Å². The summed E-state index contributed by atoms with van der Waals surface area (Å²) in [5.74, 6) is 2.60. The summed E-state index contributed by atoms with van der Waals surface area (Å²) in [6.45, 7) is 2.71. The van der Waals surface area contributed by atoms with E-state index in [4.69, 9.17) is 8.92 Å². The van der Waals surface area contributed by atoms with Crippen molar-refractivity contribution in [2.24, 2.45) is 17.8 Å². The molecule has 5 heteroatoms. The topological polar surface area (TPSA) is 52.6 Å². The normalized spacial score (nSPS) is 33.7. The van der Waals surface area contributed by atoms with Crippen LogP contribution >= 0.6 is 0 Å². The van der Waals surface area contributed by atoms with Crippen molar-refractivity contribution in [3.8, 4) is 0 Å². The first kappa shape index (κ1) is 17.5. The molecule has 0 radical (unpaired) electrons. The molecule has 0 N–H and O–H groups in total. The summed E-state index contributed by atoms with van der Waals surface area (Å²) in [4.78, 5) is 0.222. The van der Waals surface area contributed by atoms with Gasteiger partial charge in [-0.15, -0.1) is 0 Å². The lowest BCUT2D eigenvalue weighted by atomic mass is 9.54. The number of aryl methyl sites for hydroxylation is 1. The molecule has 4 aliphatic rings. The lowest BCUT2D eigenvalue weighted by molar-refractivity contribution is -0.163. The second-order valence-corrected chi connectivity index (χ2v) is 10.0. The standard InChI is InChI=1S/C20H28O4S/c1-15-3-5-19(6-4-15)25(21,22)24-8-2-7-23-20-12-16-9-17(13-20)11-18(10-16)14-20/h3-6,16-18H,2,7-14H2,1H3. The zero-order chi connectivity index (χ0) is 17.5. The highest BCUT2D eigenvalue weighted by Crippen LogP contribution is 2.57. The summed E-state index contributed by atoms with van der Waals surface area (Å²) in [5.41, 5.74) is 1.12. The monoisotopic (exact) mass is 364 g/mol. The van der Waals surface area contributed by atoms with Gasteiger partial charge in [0.15, 0.2) is 0 Å². The van der Waals surface area contributed by atoms with Crippen LogP contribution in [0.2, 0.25) is 0 Å². The van der Waals surface area contributed by atoms with Gasteiger partial charge in [0.25, 0.3) is 10.1 Å². The van der Waals surface area contributed by atoms with Crippen molar-refractivity contribution in [1.29, 1.82) is 0 Å². The molecule has 0 spiro atoms. The maximum Gasteiger partial charge on any atom is 0.296 e. The van der Waals surface area contributed by atoms with Crippen molar-refractivity contribution >= 4 is 10.1 Å². The molecule has 25 heavy (non-hydrogen) atoms. The van der Waals surface area contributed by atoms with Crippen molar-refractivity contribution in [2.75, 3.05) is 13.2 Å². The maximum atomic E-state index is 12.2. The average Bonchev–Trinajstić information content (AvgIpc) is 2.53. The van der Waals surface area contributed by atoms with Gasteiger partial charge in [-0.25, -0.2) is 0 Å². The van der Waals surface area contributed by atoms with E-state index in [0.29, 0.717) is 13.0 Å². The average molecular weight is 365 g/mol. The molecule has 4 aliphatic carbocycles. The van der Waals surface area contributed by atoms with E-state index in [2.05, 4.69) is 0 Å². The van der Waals surface area contributed by atoms with Crippen LogP contribution in [0.25, 0.3) is 0 Å². The Morgan fingerprint density at radius 2 is 1.52 bits per heavy atom. The van der Waals surface area contributed by atoms with E-state index in [9.17, 15) is 8.42 Å². The molecule has 0 atom stereocenters. The van der Waals surface area contributed by atoms with Crippen molar-refractivity contribution in [3.63, 3.8) is 0 Å². The molecule has 0 amide bonds. The van der Waals surface area contributed by atoms with Crippen LogP contribution in [0.5, 0.6) is 0 Å². The molecule has 4 bridgehead atoms. The Kier molecular flexibility index (Phi) is 4.67. The van der Waals surface area contributed by atoms with E-state index in [-0.39, 0.29) is 17.1 Å². The van der Waals surface area contributed by atoms with Gasteiger partial charge in [-0.05, 0) is 81.8 Å². The first-order valence-corrected chi connectivity index (χ1v) is 11.0. The van der Waals surface area contributed by atoms with Crippen LogP contribution in [0.15, 0.2) is 29.2 Å². The fraction of sp³-hybridized carbons (Fsp3) is 0.700. The Morgan fingerprint density at radius 3 is 2.08 bits per heavy atom. The molecule has 0 heterocycles. The number of ether oxygens (including phenoxy) is 1. The van der Waals surface area contributed by atoms with Crippen molar-refractivity contribution in [2.45, 2.75) is 62.4 Å². The number of hydrogen-bond acceptors (Lipinski definition) is 4. The van der Waals surface area contributed by atoms with Crippen LogP contribution in [-0.4, -0.2) is 27.2 Å². The fourth-order valence-corrected chi connectivity index (χ4v) is 6.44. The first-order valence-electron chi connectivity index (χ1n) is 9.54. The molecule has 1 aromatic rings. The van der Waals surface area contributed by atoms with Crippen molar-refractivity contribution in [3.05, 3.63) is 29.8 Å². The summed E-state index contributed by atoms with van der Waals surface area (Å²) < 4.78 is 35.8. The quantitative estimate of drug-likeness (QED) is 0.540. The fourth-order valence-electron chi connectivity index (χ4n) is 5.50. The highest BCUT2D eigenvalue weighted by Gasteiger charge is 2.51. The molecular formula is C20H28O4S. The van der Waals surface area contributed by atoms with Crippen LogP contribution in [0.1, 0.15) is 50.5 Å². The van der Waals surface area contributed by atoms with E-state index in [1.54, 1.807) is 24.3 Å². The van der Waals surface area contributed by atoms with Gasteiger partial charge in [-0.2, -0.15) is 8.42 Å². The van der Waals surface area contributed by atoms with Gasteiger partial charge in [0, 0.05) is 6.61 Å². The molecule has 4 saturated carbocycles. The predicted octanol–water partition coefficient (Wildman–Crippen LogP) is 4.08. The van der Waals surface area contributed by atoms with Gasteiger partial charge in [0.2, 0.25) is 0 Å². The van der Waals surface area contributed by atoms with Crippen molar-refractivity contribution in [1.82, 2.24) is 0 Å². The minimum atomic E-state index is -3.66. The smallest absolute Gasteiger partial charge is 0.296 e. The summed E-state index contributed by atoms with van der Waals surface area (Å²) in [5, 5.41) is 0. The number of benzene rings is 1. The lowest BCUT2D eigenvalue weighted by Gasteiger charge is -2.56. The molecule has 0 aromatic heterocycles. The summed E-state index contributed by atoms with van der Waals surface area (Å²) >= 11 is 0. The third-order valence-electron chi connectivity index (χ3n) is 6.23. The predicted molar refractivity (Wildman–Crippen MR) is 95.8 cm³/mol. The largest absolute Gasteiger partial charge is 0.375 e. The molecule has 0 saturated heterocycles. The second kappa shape index (κ2) is 6.67. The Labute approximate surface area is 151 Å². The molecule has 0 unspecified atom stereocenters. The van der Waals surface area contributed by atoms with Gasteiger partial charge in [-0.1, -0.05) is 17.7 Å². The second-order valence-electron chi connectivity index (χ2n) is 8.39. The highest BCUT2D eigenvalue weighted by molar-refractivity contribution is 7.86. The summed E-state index contributed by atoms with van der Waals surface area (Å²) in [7, 11) is -3.66. The Bertz CT molecular complexity index is 672. The van der Waals surface area contributed by atoms with E-state index in [1.165, 1.54) is 38.5 Å². The molecule has 0 aliphatic heterocycles. The van der Waals surface area contributed by atoms with E-state index in [1.807, 2.05) is 6.92 Å². The molecular weight excluding hydrogens is 336 g/mol. The molecule has 4 nitrogen and oxygen atoms in total. The molecule has 138 valence electrons. The molecule has 4 fully saturated rings. The first-order chi connectivity index (χ1) is 11.9. The van der Waals surface area contributed by atoms with Gasteiger partial charge in [0.05, 0.1) is 17.1 Å². The number of hydrogen-bond donors (Lipinski definition) is 0. The van der Waals surface area contributed by atoms with Crippen LogP contribution in [0.3, 0.4) is 0 Å². The Morgan fingerprint density at radius 1 is 0.960 bits per heavy atom. The van der Waals surface area contributed by atoms with Gasteiger partial charge in [0.1, 0.15) is 0 Å². The van der Waals surface area contributed by atoms with Gasteiger partial charge in [-0.3, -0.25) is 4.18 Å². The number of rotatable bonds is 7. The van der Waals surface area contributed by atoms with Crippen LogP contribution in [-0.2, 0) is 19.0 Å². The van der Waals surface area contributed by atoms with Crippen molar-refractivity contribution < 1.29 is 17.3 Å². The third-order valence-corrected chi connectivity index (χ3v) is 7.55. The summed E-state index contributed by atoms with van der Waals surface area (Å²) in [6, 6.07) is 6.76. The van der Waals surface area contributed by atoms with E-state index < -0.39 is 10.1 Å². The van der Waals surface area contributed by atoms with Gasteiger partial charge >= 0.3 is 0 Å². The highest BCUT2D eigenvalue weighted by atomic mass is 32.2. The zero-order valence-electron chi connectivity index (χ0n) is 14.9. The van der Waals surface area contributed by atoms with Crippen LogP contribution in [0, 0.1) is 24.7 Å². The third kappa shape index (κ3) is 3.79. The SMILES string of the molecule is Cc1ccc(S(=O)(=O)OCCCOC23CC4CC(CC(C4)C2)C3)cc1. The zero-order valence-corrected chi connectivity index (χ0v) is 15.8. The summed E-state index contributed by atoms with van der Waals surface area (Å²) in [6.07, 6.45) is 8.46. The minimum absolute atomic E-state index is 0.0879. The van der Waals surface area contributed by atoms with E-state index >= 15 is 0 Å². The van der Waals surface area contributed by atoms with Crippen LogP contribution < -0.4 is 0 Å². The minimum Gasteiger partial charge on any atom is -0.375 e. The maximum absolute atomic E-state index is 12.2. The Balaban J connectivity index is 1.24. The molecule has 1 aromatic carbocycles. The Hall–Kier alpha value is -0.910. The van der Waals surface area contributed by atoms with Gasteiger partial charge < -0.3 is 4.74 Å².